The zero-order valence-electron chi connectivity index (χ0n) is 11.9. The minimum atomic E-state index is 0.624. The molecular formula is C18H23N. The van der Waals surface area contributed by atoms with Crippen molar-refractivity contribution in [2.75, 3.05) is 13.6 Å². The van der Waals surface area contributed by atoms with Crippen molar-refractivity contribution in [1.29, 1.82) is 0 Å². The van der Waals surface area contributed by atoms with Gasteiger partial charge in [0.15, 0.2) is 0 Å². The molecule has 1 atom stereocenters. The first-order valence-electron chi connectivity index (χ1n) is 7.03. The molecule has 0 aromatic heterocycles. The van der Waals surface area contributed by atoms with Crippen molar-refractivity contribution >= 4 is 0 Å². The van der Waals surface area contributed by atoms with Gasteiger partial charge in [0.25, 0.3) is 0 Å². The van der Waals surface area contributed by atoms with Crippen molar-refractivity contribution < 1.29 is 0 Å². The van der Waals surface area contributed by atoms with Gasteiger partial charge in [-0.15, -0.1) is 0 Å². The highest BCUT2D eigenvalue weighted by molar-refractivity contribution is 5.18. The minimum absolute atomic E-state index is 0.624. The Bertz CT molecular complexity index is 464. The summed E-state index contributed by atoms with van der Waals surface area (Å²) in [6.07, 6.45) is 1.20. The lowest BCUT2D eigenvalue weighted by Gasteiger charge is -2.19. The minimum Gasteiger partial charge on any atom is -0.302 e. The second kappa shape index (κ2) is 7.10. The Balaban J connectivity index is 1.79. The number of nitrogens with zero attached hydrogens (tertiary/aromatic N) is 1. The molecule has 1 nitrogen and oxygen atoms in total. The molecule has 0 heterocycles. The molecule has 0 amide bonds. The van der Waals surface area contributed by atoms with Crippen molar-refractivity contribution in [1.82, 2.24) is 4.90 Å². The van der Waals surface area contributed by atoms with Gasteiger partial charge >= 0.3 is 0 Å². The van der Waals surface area contributed by atoms with Crippen molar-refractivity contribution in [3.05, 3.63) is 71.8 Å². The first-order valence-corrected chi connectivity index (χ1v) is 7.03. The molecule has 0 aliphatic heterocycles. The molecule has 0 aliphatic rings. The van der Waals surface area contributed by atoms with Crippen molar-refractivity contribution in [2.24, 2.45) is 0 Å². The molecule has 0 spiro atoms. The Kier molecular flexibility index (Phi) is 5.17. The van der Waals surface area contributed by atoms with Crippen LogP contribution in [0.2, 0.25) is 0 Å². The van der Waals surface area contributed by atoms with Gasteiger partial charge in [0.1, 0.15) is 0 Å². The molecule has 0 saturated heterocycles. The first kappa shape index (κ1) is 13.8. The summed E-state index contributed by atoms with van der Waals surface area (Å²) in [5.41, 5.74) is 2.83. The molecule has 0 saturated carbocycles. The normalized spacial score (nSPS) is 12.6. The van der Waals surface area contributed by atoms with Gasteiger partial charge in [-0.3, -0.25) is 0 Å². The summed E-state index contributed by atoms with van der Waals surface area (Å²) in [5.74, 6) is 0.624. The second-order valence-electron chi connectivity index (χ2n) is 5.32. The fourth-order valence-electron chi connectivity index (χ4n) is 2.34. The fraction of sp³-hybridized carbons (Fsp3) is 0.333. The van der Waals surface area contributed by atoms with Crippen LogP contribution >= 0.6 is 0 Å². The standard InChI is InChI=1S/C18H23N/c1-16(18-11-7-4-8-12-18)13-14-19(2)15-17-9-5-3-6-10-17/h3-12,16H,13-15H2,1-2H3/t16-/m1/s1. The van der Waals surface area contributed by atoms with Crippen LogP contribution in [0.3, 0.4) is 0 Å². The molecule has 0 fully saturated rings. The van der Waals surface area contributed by atoms with E-state index in [-0.39, 0.29) is 0 Å². The molecular weight excluding hydrogens is 230 g/mol. The monoisotopic (exact) mass is 253 g/mol. The maximum Gasteiger partial charge on any atom is 0.0230 e. The summed E-state index contributed by atoms with van der Waals surface area (Å²) in [5, 5.41) is 0. The Morgan fingerprint density at radius 3 is 2.11 bits per heavy atom. The summed E-state index contributed by atoms with van der Waals surface area (Å²) >= 11 is 0. The highest BCUT2D eigenvalue weighted by Crippen LogP contribution is 2.18. The Hall–Kier alpha value is -1.60. The third-order valence-electron chi connectivity index (χ3n) is 3.61. The van der Waals surface area contributed by atoms with Crippen LogP contribution < -0.4 is 0 Å². The second-order valence-corrected chi connectivity index (χ2v) is 5.32. The molecule has 2 rings (SSSR count). The molecule has 19 heavy (non-hydrogen) atoms. The van der Waals surface area contributed by atoms with Crippen molar-refractivity contribution in [3.8, 4) is 0 Å². The largest absolute Gasteiger partial charge is 0.302 e. The van der Waals surface area contributed by atoms with Crippen LogP contribution in [-0.2, 0) is 6.54 Å². The predicted molar refractivity (Wildman–Crippen MR) is 82.3 cm³/mol. The van der Waals surface area contributed by atoms with Crippen LogP contribution in [0.4, 0.5) is 0 Å². The zero-order chi connectivity index (χ0) is 13.5. The molecule has 100 valence electrons. The topological polar surface area (TPSA) is 3.24 Å². The van der Waals surface area contributed by atoms with E-state index in [2.05, 4.69) is 79.5 Å². The Morgan fingerprint density at radius 1 is 0.895 bits per heavy atom. The van der Waals surface area contributed by atoms with E-state index in [0.29, 0.717) is 5.92 Å². The molecule has 2 aromatic carbocycles. The number of benzene rings is 2. The lowest BCUT2D eigenvalue weighted by molar-refractivity contribution is 0.313. The third-order valence-corrected chi connectivity index (χ3v) is 3.61. The van der Waals surface area contributed by atoms with Crippen LogP contribution in [0.15, 0.2) is 60.7 Å². The van der Waals surface area contributed by atoms with Gasteiger partial charge in [0, 0.05) is 6.54 Å². The maximum absolute atomic E-state index is 2.40. The lowest BCUT2D eigenvalue weighted by Crippen LogP contribution is -2.20. The van der Waals surface area contributed by atoms with Crippen LogP contribution in [0, 0.1) is 0 Å². The maximum atomic E-state index is 2.40. The van der Waals surface area contributed by atoms with Crippen molar-refractivity contribution in [3.63, 3.8) is 0 Å². The van der Waals surface area contributed by atoms with Gasteiger partial charge in [-0.1, -0.05) is 67.6 Å². The van der Waals surface area contributed by atoms with Crippen LogP contribution in [-0.4, -0.2) is 18.5 Å². The summed E-state index contributed by atoms with van der Waals surface area (Å²) in [7, 11) is 2.20. The summed E-state index contributed by atoms with van der Waals surface area (Å²) in [6, 6.07) is 21.4. The SMILES string of the molecule is C[C@H](CCN(C)Cc1ccccc1)c1ccccc1. The Labute approximate surface area is 116 Å². The molecule has 0 aliphatic carbocycles. The third kappa shape index (κ3) is 4.53. The van der Waals surface area contributed by atoms with Gasteiger partial charge in [-0.05, 0) is 37.1 Å². The van der Waals surface area contributed by atoms with Crippen LogP contribution in [0.5, 0.6) is 0 Å². The molecule has 0 N–H and O–H groups in total. The number of hydrogen-bond donors (Lipinski definition) is 0. The van der Waals surface area contributed by atoms with E-state index in [1.54, 1.807) is 0 Å². The molecule has 0 unspecified atom stereocenters. The smallest absolute Gasteiger partial charge is 0.0230 e. The highest BCUT2D eigenvalue weighted by Gasteiger charge is 2.07. The van der Waals surface area contributed by atoms with Gasteiger partial charge in [0.2, 0.25) is 0 Å². The molecule has 2 aromatic rings. The summed E-state index contributed by atoms with van der Waals surface area (Å²) in [4.78, 5) is 2.40. The highest BCUT2D eigenvalue weighted by atomic mass is 15.1. The van der Waals surface area contributed by atoms with Gasteiger partial charge < -0.3 is 4.90 Å². The van der Waals surface area contributed by atoms with Crippen LogP contribution in [0.25, 0.3) is 0 Å². The van der Waals surface area contributed by atoms with E-state index >= 15 is 0 Å². The number of hydrogen-bond acceptors (Lipinski definition) is 1. The van der Waals surface area contributed by atoms with Gasteiger partial charge in [-0.2, -0.15) is 0 Å². The van der Waals surface area contributed by atoms with Crippen LogP contribution in [0.1, 0.15) is 30.4 Å². The lowest BCUT2D eigenvalue weighted by atomic mass is 9.98. The van der Waals surface area contributed by atoms with E-state index in [9.17, 15) is 0 Å². The zero-order valence-corrected chi connectivity index (χ0v) is 11.9. The van der Waals surface area contributed by atoms with E-state index < -0.39 is 0 Å². The molecule has 1 heteroatoms. The first-order chi connectivity index (χ1) is 9.25. The fourth-order valence-corrected chi connectivity index (χ4v) is 2.34. The van der Waals surface area contributed by atoms with Crippen molar-refractivity contribution in [2.45, 2.75) is 25.8 Å². The number of rotatable bonds is 6. The van der Waals surface area contributed by atoms with E-state index in [4.69, 9.17) is 0 Å². The van der Waals surface area contributed by atoms with Gasteiger partial charge in [0.05, 0.1) is 0 Å². The van der Waals surface area contributed by atoms with E-state index in [1.165, 1.54) is 17.5 Å². The van der Waals surface area contributed by atoms with E-state index in [0.717, 1.165) is 13.1 Å². The predicted octanol–water partition coefficient (Wildman–Crippen LogP) is 4.31. The Morgan fingerprint density at radius 2 is 1.47 bits per heavy atom. The van der Waals surface area contributed by atoms with E-state index in [1.807, 2.05) is 0 Å². The molecule has 0 bridgehead atoms. The molecule has 0 radical (unpaired) electrons. The average Bonchev–Trinajstić information content (AvgIpc) is 2.47. The summed E-state index contributed by atoms with van der Waals surface area (Å²) < 4.78 is 0. The summed E-state index contributed by atoms with van der Waals surface area (Å²) in [6.45, 7) is 4.47. The average molecular weight is 253 g/mol. The van der Waals surface area contributed by atoms with Gasteiger partial charge in [-0.25, -0.2) is 0 Å². The quantitative estimate of drug-likeness (QED) is 0.741.